The van der Waals surface area contributed by atoms with Crippen molar-refractivity contribution in [3.05, 3.63) is 41.5 Å². The molecule has 2 heterocycles. The summed E-state index contributed by atoms with van der Waals surface area (Å²) in [5, 5.41) is 6.65. The van der Waals surface area contributed by atoms with Crippen LogP contribution in [0, 0.1) is 24.5 Å². The monoisotopic (exact) mass is 364 g/mol. The first-order valence-corrected chi connectivity index (χ1v) is 8.77. The van der Waals surface area contributed by atoms with Gasteiger partial charge in [-0.05, 0) is 37.8 Å². The van der Waals surface area contributed by atoms with Gasteiger partial charge in [0.2, 0.25) is 11.8 Å². The molecule has 0 aliphatic carbocycles. The van der Waals surface area contributed by atoms with Crippen molar-refractivity contribution in [2.75, 3.05) is 24.5 Å². The van der Waals surface area contributed by atoms with Gasteiger partial charge in [0.15, 0.2) is 17.5 Å². The highest BCUT2D eigenvalue weighted by molar-refractivity contribution is 5.75. The summed E-state index contributed by atoms with van der Waals surface area (Å²) in [5.74, 6) is -0.245. The highest BCUT2D eigenvalue weighted by Gasteiger charge is 2.23. The fraction of sp³-hybridized carbons (Fsp3) is 0.500. The second-order valence-electron chi connectivity index (χ2n) is 6.59. The Morgan fingerprint density at radius 1 is 1.38 bits per heavy atom. The number of benzene rings is 1. The number of hydrogen-bond donors (Lipinski definition) is 1. The topological polar surface area (TPSA) is 71.3 Å². The molecule has 0 radical (unpaired) electrons. The summed E-state index contributed by atoms with van der Waals surface area (Å²) in [6, 6.07) is 3.94. The molecule has 0 bridgehead atoms. The van der Waals surface area contributed by atoms with Crippen molar-refractivity contribution >= 4 is 11.6 Å². The van der Waals surface area contributed by atoms with Crippen molar-refractivity contribution in [1.29, 1.82) is 0 Å². The molecule has 1 atom stereocenters. The van der Waals surface area contributed by atoms with Crippen LogP contribution in [0.2, 0.25) is 0 Å². The quantitative estimate of drug-likeness (QED) is 0.818. The predicted molar refractivity (Wildman–Crippen MR) is 91.7 cm³/mol. The molecule has 6 nitrogen and oxygen atoms in total. The van der Waals surface area contributed by atoms with Gasteiger partial charge in [0.1, 0.15) is 0 Å². The summed E-state index contributed by atoms with van der Waals surface area (Å²) in [7, 11) is 0. The Morgan fingerprint density at radius 3 is 2.96 bits per heavy atom. The molecule has 26 heavy (non-hydrogen) atoms. The average molecular weight is 364 g/mol. The molecular formula is C18H22F2N4O2. The first kappa shape index (κ1) is 18.3. The van der Waals surface area contributed by atoms with E-state index in [4.69, 9.17) is 4.52 Å². The third-order valence-corrected chi connectivity index (χ3v) is 4.51. The number of nitrogens with one attached hydrogen (secondary N) is 1. The molecule has 1 aliphatic rings. The number of carbonyl (C=O) groups is 1. The zero-order valence-corrected chi connectivity index (χ0v) is 14.7. The van der Waals surface area contributed by atoms with Crippen LogP contribution in [0.3, 0.4) is 0 Å². The van der Waals surface area contributed by atoms with Crippen LogP contribution >= 0.6 is 0 Å². The van der Waals surface area contributed by atoms with E-state index in [1.54, 1.807) is 13.0 Å². The van der Waals surface area contributed by atoms with Gasteiger partial charge < -0.3 is 14.7 Å². The maximum atomic E-state index is 13.4. The lowest BCUT2D eigenvalue weighted by Gasteiger charge is -2.19. The standard InChI is InChI=1S/C18H22F2N4O2/c1-12-22-18(26-23-12)4-2-3-17(25)21-10-13-7-8-24(11-13)14-5-6-15(19)16(20)9-14/h5-6,9,13H,2-4,7-8,10-11H2,1H3,(H,21,25). The van der Waals surface area contributed by atoms with Crippen LogP contribution in [0.5, 0.6) is 0 Å². The lowest BCUT2D eigenvalue weighted by atomic mass is 10.1. The minimum absolute atomic E-state index is 0.00693. The molecule has 1 amide bonds. The largest absolute Gasteiger partial charge is 0.371 e. The fourth-order valence-corrected chi connectivity index (χ4v) is 3.10. The lowest BCUT2D eigenvalue weighted by molar-refractivity contribution is -0.121. The molecule has 0 spiro atoms. The van der Waals surface area contributed by atoms with Crippen molar-refractivity contribution in [3.8, 4) is 0 Å². The Balaban J connectivity index is 1.37. The minimum atomic E-state index is -0.840. The molecule has 1 aromatic heterocycles. The van der Waals surface area contributed by atoms with Crippen LogP contribution in [0.15, 0.2) is 22.7 Å². The fourth-order valence-electron chi connectivity index (χ4n) is 3.10. The smallest absolute Gasteiger partial charge is 0.226 e. The zero-order valence-electron chi connectivity index (χ0n) is 14.7. The molecule has 1 unspecified atom stereocenters. The van der Waals surface area contributed by atoms with Gasteiger partial charge >= 0.3 is 0 Å². The van der Waals surface area contributed by atoms with Crippen LogP contribution in [-0.2, 0) is 11.2 Å². The third kappa shape index (κ3) is 4.77. The lowest BCUT2D eigenvalue weighted by Crippen LogP contribution is -2.30. The van der Waals surface area contributed by atoms with E-state index in [1.165, 1.54) is 6.07 Å². The Bertz CT molecular complexity index is 765. The van der Waals surface area contributed by atoms with E-state index < -0.39 is 11.6 Å². The summed E-state index contributed by atoms with van der Waals surface area (Å²) < 4.78 is 31.4. The Kier molecular flexibility index (Phi) is 5.80. The molecule has 1 saturated heterocycles. The van der Waals surface area contributed by atoms with E-state index >= 15 is 0 Å². The number of anilines is 1. The number of hydrogen-bond acceptors (Lipinski definition) is 5. The molecule has 1 aliphatic heterocycles. The Morgan fingerprint density at radius 2 is 2.23 bits per heavy atom. The van der Waals surface area contributed by atoms with Crippen LogP contribution in [-0.4, -0.2) is 35.7 Å². The first-order chi connectivity index (χ1) is 12.5. The molecule has 2 aromatic rings. The first-order valence-electron chi connectivity index (χ1n) is 8.77. The van der Waals surface area contributed by atoms with E-state index in [-0.39, 0.29) is 5.91 Å². The van der Waals surface area contributed by atoms with E-state index in [9.17, 15) is 13.6 Å². The van der Waals surface area contributed by atoms with Crippen molar-refractivity contribution in [2.45, 2.75) is 32.6 Å². The van der Waals surface area contributed by atoms with Gasteiger partial charge in [-0.15, -0.1) is 0 Å². The maximum absolute atomic E-state index is 13.4. The average Bonchev–Trinajstić information content (AvgIpc) is 3.25. The van der Waals surface area contributed by atoms with Gasteiger partial charge in [0.05, 0.1) is 0 Å². The van der Waals surface area contributed by atoms with E-state index in [1.807, 2.05) is 4.90 Å². The van der Waals surface area contributed by atoms with Gasteiger partial charge in [-0.2, -0.15) is 4.98 Å². The normalized spacial score (nSPS) is 16.9. The SMILES string of the molecule is Cc1noc(CCCC(=O)NCC2CCN(c3ccc(F)c(F)c3)C2)n1. The minimum Gasteiger partial charge on any atom is -0.371 e. The number of carbonyl (C=O) groups excluding carboxylic acids is 1. The van der Waals surface area contributed by atoms with E-state index in [2.05, 4.69) is 15.5 Å². The molecule has 1 fully saturated rings. The van der Waals surface area contributed by atoms with Gasteiger partial charge in [-0.25, -0.2) is 8.78 Å². The van der Waals surface area contributed by atoms with Crippen LogP contribution < -0.4 is 10.2 Å². The number of nitrogens with zero attached hydrogens (tertiary/aromatic N) is 3. The van der Waals surface area contributed by atoms with Crippen molar-refractivity contribution in [3.63, 3.8) is 0 Å². The van der Waals surface area contributed by atoms with Gasteiger partial charge in [-0.1, -0.05) is 5.16 Å². The summed E-state index contributed by atoms with van der Waals surface area (Å²) in [4.78, 5) is 18.1. The van der Waals surface area contributed by atoms with Crippen LogP contribution in [0.1, 0.15) is 31.0 Å². The predicted octanol–water partition coefficient (Wildman–Crippen LogP) is 2.62. The molecule has 1 aromatic carbocycles. The van der Waals surface area contributed by atoms with Gasteiger partial charge in [-0.3, -0.25) is 4.79 Å². The Labute approximate surface area is 150 Å². The second kappa shape index (κ2) is 8.25. The zero-order chi connectivity index (χ0) is 18.5. The van der Waals surface area contributed by atoms with Gasteiger partial charge in [0.25, 0.3) is 0 Å². The highest BCUT2D eigenvalue weighted by atomic mass is 19.2. The molecule has 3 rings (SSSR count). The molecule has 0 saturated carbocycles. The molecular weight excluding hydrogens is 342 g/mol. The molecule has 8 heteroatoms. The molecule has 1 N–H and O–H groups in total. The van der Waals surface area contributed by atoms with Crippen molar-refractivity contribution in [1.82, 2.24) is 15.5 Å². The van der Waals surface area contributed by atoms with Crippen molar-refractivity contribution < 1.29 is 18.1 Å². The van der Waals surface area contributed by atoms with Gasteiger partial charge in [0, 0.05) is 44.2 Å². The number of rotatable bonds is 7. The highest BCUT2D eigenvalue weighted by Crippen LogP contribution is 2.25. The summed E-state index contributed by atoms with van der Waals surface area (Å²) >= 11 is 0. The van der Waals surface area contributed by atoms with E-state index in [0.29, 0.717) is 55.7 Å². The maximum Gasteiger partial charge on any atom is 0.226 e. The number of aryl methyl sites for hydroxylation is 2. The Hall–Kier alpha value is -2.51. The summed E-state index contributed by atoms with van der Waals surface area (Å²) in [5.41, 5.74) is 0.674. The second-order valence-corrected chi connectivity index (χ2v) is 6.59. The molecule has 140 valence electrons. The number of halogens is 2. The van der Waals surface area contributed by atoms with Crippen LogP contribution in [0.4, 0.5) is 14.5 Å². The number of aromatic nitrogens is 2. The van der Waals surface area contributed by atoms with E-state index in [0.717, 1.165) is 19.0 Å². The van der Waals surface area contributed by atoms with Crippen molar-refractivity contribution in [2.24, 2.45) is 5.92 Å². The van der Waals surface area contributed by atoms with Crippen LogP contribution in [0.25, 0.3) is 0 Å². The third-order valence-electron chi connectivity index (χ3n) is 4.51. The number of amides is 1. The summed E-state index contributed by atoms with van der Waals surface area (Å²) in [6.07, 6.45) is 2.54. The summed E-state index contributed by atoms with van der Waals surface area (Å²) in [6.45, 7) is 3.82.